The van der Waals surface area contributed by atoms with Crippen molar-refractivity contribution >= 4 is 11.6 Å². The number of nitrogens with one attached hydrogen (secondary N) is 2. The summed E-state index contributed by atoms with van der Waals surface area (Å²) in [5, 5.41) is 6.93. The van der Waals surface area contributed by atoms with Crippen LogP contribution in [0.5, 0.6) is 0 Å². The van der Waals surface area contributed by atoms with Gasteiger partial charge in [0.2, 0.25) is 0 Å². The molecule has 3 aliphatic rings. The Morgan fingerprint density at radius 1 is 1.13 bits per heavy atom. The van der Waals surface area contributed by atoms with Crippen LogP contribution in [-0.4, -0.2) is 25.2 Å². The lowest BCUT2D eigenvalue weighted by Gasteiger charge is -2.43. The predicted octanol–water partition coefficient (Wildman–Crippen LogP) is 5.53. The van der Waals surface area contributed by atoms with Crippen molar-refractivity contribution in [1.82, 2.24) is 5.32 Å². The first-order chi connectivity index (χ1) is 15.1. The Kier molecular flexibility index (Phi) is 5.75. The fourth-order valence-corrected chi connectivity index (χ4v) is 6.31. The van der Waals surface area contributed by atoms with Gasteiger partial charge in [0, 0.05) is 24.4 Å². The number of amides is 1. The van der Waals surface area contributed by atoms with Crippen LogP contribution < -0.4 is 10.6 Å². The van der Waals surface area contributed by atoms with Crippen LogP contribution in [0.4, 0.5) is 5.69 Å². The highest BCUT2D eigenvalue weighted by Crippen LogP contribution is 2.63. The zero-order valence-electron chi connectivity index (χ0n) is 18.6. The van der Waals surface area contributed by atoms with Gasteiger partial charge < -0.3 is 15.4 Å². The predicted molar refractivity (Wildman–Crippen MR) is 124 cm³/mol. The molecule has 0 radical (unpaired) electrons. The number of rotatable bonds is 7. The average molecular weight is 419 g/mol. The van der Waals surface area contributed by atoms with E-state index < -0.39 is 0 Å². The first-order valence-corrected chi connectivity index (χ1v) is 12.0. The number of ether oxygens (including phenoxy) is 1. The minimum absolute atomic E-state index is 0.0252. The zero-order chi connectivity index (χ0) is 21.4. The number of benzene rings is 2. The number of hydrogen-bond acceptors (Lipinski definition) is 3. The molecule has 2 aromatic carbocycles. The highest BCUT2D eigenvalue weighted by atomic mass is 16.5. The Morgan fingerprint density at radius 2 is 1.94 bits per heavy atom. The van der Waals surface area contributed by atoms with Gasteiger partial charge in [-0.05, 0) is 92.5 Å². The average Bonchev–Trinajstić information content (AvgIpc) is 3.41. The van der Waals surface area contributed by atoms with Crippen LogP contribution in [0.15, 0.2) is 48.5 Å². The van der Waals surface area contributed by atoms with Gasteiger partial charge in [-0.3, -0.25) is 4.79 Å². The van der Waals surface area contributed by atoms with Crippen molar-refractivity contribution in [2.75, 3.05) is 18.5 Å². The minimum atomic E-state index is 0.0252. The maximum absolute atomic E-state index is 12.8. The number of hydrogen-bond donors (Lipinski definition) is 2. The molecule has 2 saturated carbocycles. The maximum Gasteiger partial charge on any atom is 0.251 e. The second kappa shape index (κ2) is 8.66. The van der Waals surface area contributed by atoms with Crippen molar-refractivity contribution in [1.29, 1.82) is 0 Å². The highest BCUT2D eigenvalue weighted by molar-refractivity contribution is 5.95. The summed E-state index contributed by atoms with van der Waals surface area (Å²) in [7, 11) is 0. The third-order valence-corrected chi connectivity index (χ3v) is 7.57. The van der Waals surface area contributed by atoms with Gasteiger partial charge in [-0.25, -0.2) is 0 Å². The number of carbonyl (C=O) groups excluding carboxylic acids is 1. The lowest BCUT2D eigenvalue weighted by Crippen LogP contribution is -2.35. The Bertz CT molecular complexity index is 926. The summed E-state index contributed by atoms with van der Waals surface area (Å²) in [5.74, 6) is 2.76. The molecule has 2 aromatic rings. The lowest BCUT2D eigenvalue weighted by molar-refractivity contribution is 0.0757. The van der Waals surface area contributed by atoms with Crippen molar-refractivity contribution in [3.05, 3.63) is 65.2 Å². The second-order valence-corrected chi connectivity index (χ2v) is 9.80. The van der Waals surface area contributed by atoms with Crippen molar-refractivity contribution in [2.24, 2.45) is 17.8 Å². The molecule has 1 heterocycles. The molecule has 0 unspecified atom stereocenters. The van der Waals surface area contributed by atoms with E-state index in [1.165, 1.54) is 36.1 Å². The van der Waals surface area contributed by atoms with E-state index in [1.54, 1.807) is 0 Å². The van der Waals surface area contributed by atoms with Crippen LogP contribution in [0.2, 0.25) is 0 Å². The summed E-state index contributed by atoms with van der Waals surface area (Å²) < 4.78 is 5.57. The normalized spacial score (nSPS) is 28.2. The van der Waals surface area contributed by atoms with Gasteiger partial charge in [0.05, 0.1) is 12.1 Å². The summed E-state index contributed by atoms with van der Waals surface area (Å²) in [6, 6.07) is 17.6. The topological polar surface area (TPSA) is 50.4 Å². The molecular weight excluding hydrogens is 384 g/mol. The van der Waals surface area contributed by atoms with E-state index in [2.05, 4.69) is 53.1 Å². The fourth-order valence-electron chi connectivity index (χ4n) is 6.31. The van der Waals surface area contributed by atoms with Gasteiger partial charge in [0.25, 0.3) is 5.91 Å². The second-order valence-electron chi connectivity index (χ2n) is 9.80. The van der Waals surface area contributed by atoms with Crippen LogP contribution in [0, 0.1) is 17.8 Å². The zero-order valence-corrected chi connectivity index (χ0v) is 18.6. The fraction of sp³-hybridized carbons (Fsp3) is 0.519. The molecule has 2 aliphatic carbocycles. The molecule has 4 nitrogen and oxygen atoms in total. The molecule has 0 saturated heterocycles. The summed E-state index contributed by atoms with van der Waals surface area (Å²) >= 11 is 0. The summed E-state index contributed by atoms with van der Waals surface area (Å²) in [6.07, 6.45) is 5.10. The van der Waals surface area contributed by atoms with E-state index in [4.69, 9.17) is 4.74 Å². The van der Waals surface area contributed by atoms with E-state index in [1.807, 2.05) is 19.9 Å². The van der Waals surface area contributed by atoms with Crippen molar-refractivity contribution in [2.45, 2.75) is 57.6 Å². The van der Waals surface area contributed by atoms with Gasteiger partial charge in [-0.1, -0.05) is 30.3 Å². The molecule has 0 spiro atoms. The SMILES string of the molecule is CC(C)OCCCNC(=O)c1ccc2c(c1)[C@@H]1[C@@H]3CC[C@@H](C3)[C@@H]1[C@H](c1ccccc1)N2. The van der Waals surface area contributed by atoms with Crippen molar-refractivity contribution < 1.29 is 9.53 Å². The molecule has 31 heavy (non-hydrogen) atoms. The van der Waals surface area contributed by atoms with Crippen LogP contribution in [0.3, 0.4) is 0 Å². The number of fused-ring (bicyclic) bond motifs is 7. The monoisotopic (exact) mass is 418 g/mol. The quantitative estimate of drug-likeness (QED) is 0.582. The van der Waals surface area contributed by atoms with Crippen molar-refractivity contribution in [3.8, 4) is 0 Å². The molecule has 2 fully saturated rings. The standard InChI is InChI=1S/C27H34N2O2/c1-17(2)31-14-6-13-28-27(30)21-11-12-23-22(16-21)24-19-9-10-20(15-19)25(24)26(29-23)18-7-4-3-5-8-18/h3-5,7-8,11-12,16-17,19-20,24-26,29H,6,9-10,13-15H2,1-2H3,(H,28,30)/t19-,20+,24+,25+,26+/m1/s1. The Balaban J connectivity index is 1.35. The van der Waals surface area contributed by atoms with Gasteiger partial charge in [0.1, 0.15) is 0 Å². The van der Waals surface area contributed by atoms with Crippen LogP contribution >= 0.6 is 0 Å². The smallest absolute Gasteiger partial charge is 0.251 e. The van der Waals surface area contributed by atoms with Gasteiger partial charge >= 0.3 is 0 Å². The maximum atomic E-state index is 12.8. The first-order valence-electron chi connectivity index (χ1n) is 12.0. The third-order valence-electron chi connectivity index (χ3n) is 7.57. The highest BCUT2D eigenvalue weighted by Gasteiger charge is 2.53. The van der Waals surface area contributed by atoms with E-state index >= 15 is 0 Å². The van der Waals surface area contributed by atoms with Gasteiger partial charge in [0.15, 0.2) is 0 Å². The van der Waals surface area contributed by atoms with E-state index in [9.17, 15) is 4.79 Å². The van der Waals surface area contributed by atoms with Crippen molar-refractivity contribution in [3.63, 3.8) is 0 Å². The molecule has 1 amide bonds. The minimum Gasteiger partial charge on any atom is -0.379 e. The van der Waals surface area contributed by atoms with E-state index in [0.29, 0.717) is 31.0 Å². The Morgan fingerprint density at radius 3 is 2.74 bits per heavy atom. The van der Waals surface area contributed by atoms with Gasteiger partial charge in [-0.2, -0.15) is 0 Å². The third kappa shape index (κ3) is 3.98. The molecule has 4 heteroatoms. The Hall–Kier alpha value is -2.33. The molecule has 0 aromatic heterocycles. The molecule has 5 rings (SSSR count). The number of carbonyl (C=O) groups is 1. The molecule has 164 valence electrons. The summed E-state index contributed by atoms with van der Waals surface area (Å²) in [6.45, 7) is 5.39. The molecular formula is C27H34N2O2. The van der Waals surface area contributed by atoms with Crippen LogP contribution in [0.1, 0.15) is 73.0 Å². The number of anilines is 1. The molecule has 2 N–H and O–H groups in total. The van der Waals surface area contributed by atoms with Gasteiger partial charge in [-0.15, -0.1) is 0 Å². The van der Waals surface area contributed by atoms with E-state index in [-0.39, 0.29) is 12.0 Å². The molecule has 1 aliphatic heterocycles. The van der Waals surface area contributed by atoms with E-state index in [0.717, 1.165) is 23.8 Å². The summed E-state index contributed by atoms with van der Waals surface area (Å²) in [5.41, 5.74) is 4.75. The van der Waals surface area contributed by atoms with Crippen LogP contribution in [-0.2, 0) is 4.74 Å². The summed E-state index contributed by atoms with van der Waals surface area (Å²) in [4.78, 5) is 12.8. The van der Waals surface area contributed by atoms with Crippen LogP contribution in [0.25, 0.3) is 0 Å². The lowest BCUT2D eigenvalue weighted by atomic mass is 9.68. The first kappa shape index (κ1) is 20.6. The molecule has 5 atom stereocenters. The Labute approximate surface area is 185 Å². The molecule has 2 bridgehead atoms. The largest absolute Gasteiger partial charge is 0.379 e.